The van der Waals surface area contributed by atoms with E-state index in [4.69, 9.17) is 10.00 Å². The van der Waals surface area contributed by atoms with E-state index in [-0.39, 0.29) is 5.91 Å². The molecule has 1 N–H and O–H groups in total. The van der Waals surface area contributed by atoms with Gasteiger partial charge in [-0.3, -0.25) is 9.89 Å². The molecule has 0 spiro atoms. The molecule has 1 aromatic heterocycles. The van der Waals surface area contributed by atoms with Crippen LogP contribution in [0.1, 0.15) is 84.9 Å². The number of nitrogens with zero attached hydrogens (tertiary/aromatic N) is 4. The number of carbonyl (C=O) groups excluding carboxylic acids is 1. The number of carbonyl (C=O) groups is 1. The molecule has 1 aliphatic rings. The highest BCUT2D eigenvalue weighted by atomic mass is 16.5. The average molecular weight is 502 g/mol. The largest absolute Gasteiger partial charge is 0.384 e. The number of nitriles is 1. The van der Waals surface area contributed by atoms with Crippen LogP contribution < -0.4 is 0 Å². The van der Waals surface area contributed by atoms with Crippen molar-refractivity contribution >= 4 is 5.91 Å². The number of aromatic nitrogens is 3. The number of hydrogen-bond acceptors (Lipinski definition) is 5. The Labute approximate surface area is 220 Å². The minimum absolute atomic E-state index is 0.0826. The first-order chi connectivity index (χ1) is 18.1. The van der Waals surface area contributed by atoms with Gasteiger partial charge in [-0.25, -0.2) is 4.98 Å². The smallest absolute Gasteiger partial charge is 0.254 e. The number of nitrogens with one attached hydrogen (secondary N) is 1. The second kappa shape index (κ2) is 13.7. The molecule has 1 saturated heterocycles. The van der Waals surface area contributed by atoms with Crippen molar-refractivity contribution < 1.29 is 9.53 Å². The zero-order valence-corrected chi connectivity index (χ0v) is 22.8. The van der Waals surface area contributed by atoms with Crippen LogP contribution in [0.5, 0.6) is 0 Å². The second-order valence-electron chi connectivity index (χ2n) is 9.02. The van der Waals surface area contributed by atoms with Crippen LogP contribution in [0.3, 0.4) is 0 Å². The topological polar surface area (TPSA) is 94.9 Å². The van der Waals surface area contributed by atoms with Crippen LogP contribution in [0, 0.1) is 11.3 Å². The maximum absolute atomic E-state index is 13.7. The molecule has 0 aliphatic carbocycles. The van der Waals surface area contributed by atoms with Crippen LogP contribution >= 0.6 is 0 Å². The molecule has 2 aromatic carbocycles. The third-order valence-electron chi connectivity index (χ3n) is 6.93. The van der Waals surface area contributed by atoms with Crippen LogP contribution in [-0.4, -0.2) is 52.8 Å². The number of aromatic amines is 1. The summed E-state index contributed by atoms with van der Waals surface area (Å²) in [5, 5.41) is 16.5. The molecular weight excluding hydrogens is 462 g/mol. The van der Waals surface area contributed by atoms with Crippen molar-refractivity contribution in [2.75, 3.05) is 26.8 Å². The van der Waals surface area contributed by atoms with E-state index in [1.54, 1.807) is 7.11 Å². The summed E-state index contributed by atoms with van der Waals surface area (Å²) in [5.74, 6) is 1.90. The molecular formula is C30H39N5O2. The van der Waals surface area contributed by atoms with Gasteiger partial charge >= 0.3 is 0 Å². The Morgan fingerprint density at radius 2 is 1.78 bits per heavy atom. The standard InChI is InChI=1S/C28H33N5O2.C2H6/c1-4-20-16-21(5-2)25(17-24(20)27-30-26(31-32-27)12-15-35-3)28(34)33-13-10-23(11-14-33)22-8-6-19(18-29)7-9-22;1-2/h6-9,16-17,23H,4-5,10-15H2,1-3H3,(H,30,31,32);1-2H3. The van der Waals surface area contributed by atoms with Gasteiger partial charge in [-0.2, -0.15) is 10.4 Å². The number of rotatable bonds is 8. The van der Waals surface area contributed by atoms with Crippen LogP contribution in [0.25, 0.3) is 11.4 Å². The average Bonchev–Trinajstić information content (AvgIpc) is 3.45. The van der Waals surface area contributed by atoms with Crippen molar-refractivity contribution in [2.24, 2.45) is 0 Å². The molecule has 7 nitrogen and oxygen atoms in total. The van der Waals surface area contributed by atoms with Gasteiger partial charge in [0.15, 0.2) is 5.82 Å². The highest BCUT2D eigenvalue weighted by Gasteiger charge is 2.27. The fourth-order valence-electron chi connectivity index (χ4n) is 4.83. The lowest BCUT2D eigenvalue weighted by atomic mass is 9.88. The molecule has 196 valence electrons. The van der Waals surface area contributed by atoms with E-state index in [0.717, 1.165) is 66.9 Å². The molecule has 1 fully saturated rings. The van der Waals surface area contributed by atoms with Crippen molar-refractivity contribution in [3.8, 4) is 17.5 Å². The van der Waals surface area contributed by atoms with E-state index in [1.807, 2.05) is 49.1 Å². The molecule has 0 saturated carbocycles. The van der Waals surface area contributed by atoms with Gasteiger partial charge in [-0.1, -0.05) is 45.9 Å². The zero-order valence-electron chi connectivity index (χ0n) is 22.8. The van der Waals surface area contributed by atoms with Crippen molar-refractivity contribution in [3.05, 3.63) is 70.0 Å². The molecule has 0 radical (unpaired) electrons. The Morgan fingerprint density at radius 3 is 2.38 bits per heavy atom. The molecule has 7 heteroatoms. The maximum atomic E-state index is 13.7. The quantitative estimate of drug-likeness (QED) is 0.427. The third-order valence-corrected chi connectivity index (χ3v) is 6.93. The Bertz CT molecular complexity index is 1200. The summed E-state index contributed by atoms with van der Waals surface area (Å²) in [4.78, 5) is 20.3. The van der Waals surface area contributed by atoms with E-state index in [9.17, 15) is 4.79 Å². The number of amides is 1. The van der Waals surface area contributed by atoms with Gasteiger partial charge in [0, 0.05) is 37.7 Å². The fourth-order valence-corrected chi connectivity index (χ4v) is 4.83. The Morgan fingerprint density at radius 1 is 1.11 bits per heavy atom. The molecule has 4 rings (SSSR count). The van der Waals surface area contributed by atoms with E-state index in [2.05, 4.69) is 41.2 Å². The Hall–Kier alpha value is -3.50. The lowest BCUT2D eigenvalue weighted by Gasteiger charge is -2.33. The summed E-state index contributed by atoms with van der Waals surface area (Å²) >= 11 is 0. The van der Waals surface area contributed by atoms with Gasteiger partial charge < -0.3 is 9.64 Å². The number of H-pyrrole nitrogens is 1. The van der Waals surface area contributed by atoms with Gasteiger partial charge in [-0.15, -0.1) is 0 Å². The van der Waals surface area contributed by atoms with Gasteiger partial charge in [0.1, 0.15) is 5.82 Å². The van der Waals surface area contributed by atoms with Gasteiger partial charge in [0.2, 0.25) is 0 Å². The van der Waals surface area contributed by atoms with E-state index >= 15 is 0 Å². The zero-order chi connectivity index (χ0) is 26.8. The normalized spacial score (nSPS) is 13.6. The summed E-state index contributed by atoms with van der Waals surface area (Å²) in [6.45, 7) is 10.2. The minimum atomic E-state index is 0.0826. The lowest BCUT2D eigenvalue weighted by molar-refractivity contribution is 0.0712. The molecule has 3 aromatic rings. The molecule has 2 heterocycles. The first kappa shape index (κ1) is 28.1. The van der Waals surface area contributed by atoms with Crippen molar-refractivity contribution in [2.45, 2.75) is 65.7 Å². The van der Waals surface area contributed by atoms with Crippen molar-refractivity contribution in [3.63, 3.8) is 0 Å². The number of likely N-dealkylation sites (tertiary alicyclic amines) is 1. The van der Waals surface area contributed by atoms with E-state index in [0.29, 0.717) is 30.3 Å². The maximum Gasteiger partial charge on any atom is 0.254 e. The predicted octanol–water partition coefficient (Wildman–Crippen LogP) is 5.70. The highest BCUT2D eigenvalue weighted by Crippen LogP contribution is 2.31. The first-order valence-corrected chi connectivity index (χ1v) is 13.4. The van der Waals surface area contributed by atoms with Gasteiger partial charge in [0.25, 0.3) is 5.91 Å². The van der Waals surface area contributed by atoms with E-state index < -0.39 is 0 Å². The first-order valence-electron chi connectivity index (χ1n) is 13.4. The molecule has 1 amide bonds. The number of benzene rings is 2. The molecule has 0 unspecified atom stereocenters. The van der Waals surface area contributed by atoms with Crippen molar-refractivity contribution in [1.29, 1.82) is 5.26 Å². The molecule has 1 aliphatic heterocycles. The molecule has 0 bridgehead atoms. The Balaban J connectivity index is 0.00000186. The monoisotopic (exact) mass is 501 g/mol. The number of aryl methyl sites for hydroxylation is 2. The summed E-state index contributed by atoms with van der Waals surface area (Å²) in [5.41, 5.74) is 5.81. The van der Waals surface area contributed by atoms with Gasteiger partial charge in [0.05, 0.1) is 18.2 Å². The number of ether oxygens (including phenoxy) is 1. The second-order valence-corrected chi connectivity index (χ2v) is 9.02. The number of hydrogen-bond donors (Lipinski definition) is 1. The molecule has 0 atom stereocenters. The van der Waals surface area contributed by atoms with Crippen molar-refractivity contribution in [1.82, 2.24) is 20.1 Å². The fraction of sp³-hybridized carbons (Fsp3) is 0.467. The van der Waals surface area contributed by atoms with E-state index in [1.165, 1.54) is 5.56 Å². The van der Waals surface area contributed by atoms with Gasteiger partial charge in [-0.05, 0) is 66.5 Å². The summed E-state index contributed by atoms with van der Waals surface area (Å²) in [7, 11) is 1.67. The lowest BCUT2D eigenvalue weighted by Crippen LogP contribution is -2.38. The number of methoxy groups -OCH3 is 1. The summed E-state index contributed by atoms with van der Waals surface area (Å²) in [6.07, 6.45) is 4.14. The Kier molecular flexibility index (Phi) is 10.4. The highest BCUT2D eigenvalue weighted by molar-refractivity contribution is 5.97. The predicted molar refractivity (Wildman–Crippen MR) is 147 cm³/mol. The SMILES string of the molecule is CC.CCc1cc(CC)c(-c2n[nH]c(CCOC)n2)cc1C(=O)N1CCC(c2ccc(C#N)cc2)CC1. The molecule has 37 heavy (non-hydrogen) atoms. The van der Waals surface area contributed by atoms with Crippen LogP contribution in [0.2, 0.25) is 0 Å². The van der Waals surface area contributed by atoms with Crippen LogP contribution in [0.4, 0.5) is 0 Å². The minimum Gasteiger partial charge on any atom is -0.384 e. The van der Waals surface area contributed by atoms with Crippen LogP contribution in [0.15, 0.2) is 36.4 Å². The number of piperidine rings is 1. The summed E-state index contributed by atoms with van der Waals surface area (Å²) < 4.78 is 5.15. The van der Waals surface area contributed by atoms with Crippen LogP contribution in [-0.2, 0) is 24.0 Å². The summed E-state index contributed by atoms with van der Waals surface area (Å²) in [6, 6.07) is 14.2. The third kappa shape index (κ3) is 6.64.